The standard InChI is InChI=1S/C19H31N3O6S/c1-15(19(24)20-11-6-12-27-3)22(18(23)14-21(2)29(5,25)26)13-16-7-9-17(28-4)10-8-16/h7-10,15H,6,11-14H2,1-5H3,(H,20,24). The molecule has 9 nitrogen and oxygen atoms in total. The molecule has 1 atom stereocenters. The molecule has 1 aromatic rings. The largest absolute Gasteiger partial charge is 0.497 e. The molecule has 164 valence electrons. The normalized spacial score (nSPS) is 12.5. The summed E-state index contributed by atoms with van der Waals surface area (Å²) in [5.41, 5.74) is 0.792. The highest BCUT2D eigenvalue weighted by atomic mass is 32.2. The molecule has 1 rings (SSSR count). The van der Waals surface area contributed by atoms with Crippen LogP contribution in [0, 0.1) is 0 Å². The van der Waals surface area contributed by atoms with Crippen molar-refractivity contribution in [1.82, 2.24) is 14.5 Å². The Labute approximate surface area is 173 Å². The molecule has 0 aliphatic carbocycles. The van der Waals surface area contributed by atoms with Crippen LogP contribution in [0.2, 0.25) is 0 Å². The number of rotatable bonds is 12. The minimum Gasteiger partial charge on any atom is -0.497 e. The Kier molecular flexibility index (Phi) is 10.1. The van der Waals surface area contributed by atoms with Crippen LogP contribution in [0.25, 0.3) is 0 Å². The number of carbonyl (C=O) groups is 2. The maximum absolute atomic E-state index is 12.8. The number of hydrogen-bond donors (Lipinski definition) is 1. The number of carbonyl (C=O) groups excluding carboxylic acids is 2. The van der Waals surface area contributed by atoms with Gasteiger partial charge in [-0.05, 0) is 31.0 Å². The highest BCUT2D eigenvalue weighted by molar-refractivity contribution is 7.88. The van der Waals surface area contributed by atoms with Gasteiger partial charge in [0.25, 0.3) is 0 Å². The highest BCUT2D eigenvalue weighted by Gasteiger charge is 2.28. The molecule has 1 unspecified atom stereocenters. The number of methoxy groups -OCH3 is 2. The van der Waals surface area contributed by atoms with Crippen molar-refractivity contribution in [3.8, 4) is 5.75 Å². The first kappa shape index (κ1) is 24.9. The maximum atomic E-state index is 12.8. The van der Waals surface area contributed by atoms with Crippen LogP contribution in [0.3, 0.4) is 0 Å². The van der Waals surface area contributed by atoms with E-state index in [1.807, 2.05) is 0 Å². The summed E-state index contributed by atoms with van der Waals surface area (Å²) in [5, 5.41) is 2.78. The molecule has 0 saturated carbocycles. The van der Waals surface area contributed by atoms with Crippen molar-refractivity contribution in [1.29, 1.82) is 0 Å². The van der Waals surface area contributed by atoms with Gasteiger partial charge in [0.15, 0.2) is 0 Å². The van der Waals surface area contributed by atoms with Crippen LogP contribution in [0.15, 0.2) is 24.3 Å². The molecule has 0 saturated heterocycles. The van der Waals surface area contributed by atoms with Gasteiger partial charge in [-0.15, -0.1) is 0 Å². The van der Waals surface area contributed by atoms with Crippen molar-refractivity contribution < 1.29 is 27.5 Å². The topological polar surface area (TPSA) is 105 Å². The summed E-state index contributed by atoms with van der Waals surface area (Å²) in [6, 6.07) is 6.33. The van der Waals surface area contributed by atoms with Crippen LogP contribution in [-0.2, 0) is 30.9 Å². The quantitative estimate of drug-likeness (QED) is 0.484. The predicted molar refractivity (Wildman–Crippen MR) is 110 cm³/mol. The van der Waals surface area contributed by atoms with Gasteiger partial charge in [0.1, 0.15) is 11.8 Å². The average molecular weight is 430 g/mol. The summed E-state index contributed by atoms with van der Waals surface area (Å²) < 4.78 is 34.4. The van der Waals surface area contributed by atoms with Crippen LogP contribution in [0.4, 0.5) is 0 Å². The Balaban J connectivity index is 2.96. The summed E-state index contributed by atoms with van der Waals surface area (Å²) >= 11 is 0. The minimum absolute atomic E-state index is 0.160. The molecule has 10 heteroatoms. The SMILES string of the molecule is COCCCNC(=O)C(C)N(Cc1ccc(OC)cc1)C(=O)CN(C)S(C)(=O)=O. The van der Waals surface area contributed by atoms with Crippen LogP contribution >= 0.6 is 0 Å². The first-order valence-electron chi connectivity index (χ1n) is 9.20. The van der Waals surface area contributed by atoms with Gasteiger partial charge < -0.3 is 19.7 Å². The molecule has 0 aromatic heterocycles. The Hall–Kier alpha value is -2.17. The number of benzene rings is 1. The van der Waals surface area contributed by atoms with E-state index in [-0.39, 0.29) is 19.0 Å². The lowest BCUT2D eigenvalue weighted by atomic mass is 10.1. The molecular weight excluding hydrogens is 398 g/mol. The highest BCUT2D eigenvalue weighted by Crippen LogP contribution is 2.15. The average Bonchev–Trinajstić information content (AvgIpc) is 2.68. The van der Waals surface area contributed by atoms with E-state index in [9.17, 15) is 18.0 Å². The van der Waals surface area contributed by atoms with Crippen molar-refractivity contribution >= 4 is 21.8 Å². The summed E-state index contributed by atoms with van der Waals surface area (Å²) in [6.07, 6.45) is 1.68. The fourth-order valence-electron chi connectivity index (χ4n) is 2.48. The molecule has 1 aromatic carbocycles. The molecule has 0 heterocycles. The van der Waals surface area contributed by atoms with Gasteiger partial charge in [0.2, 0.25) is 21.8 Å². The van der Waals surface area contributed by atoms with Crippen LogP contribution < -0.4 is 10.1 Å². The summed E-state index contributed by atoms with van der Waals surface area (Å²) in [5.74, 6) is -0.106. The number of sulfonamides is 1. The second-order valence-corrected chi connectivity index (χ2v) is 8.79. The lowest BCUT2D eigenvalue weighted by molar-refractivity contribution is -0.140. The number of hydrogen-bond acceptors (Lipinski definition) is 6. The van der Waals surface area contributed by atoms with E-state index < -0.39 is 22.0 Å². The van der Waals surface area contributed by atoms with Crippen molar-refractivity contribution in [2.24, 2.45) is 0 Å². The summed E-state index contributed by atoms with van der Waals surface area (Å²) in [7, 11) is 0.942. The van der Waals surface area contributed by atoms with Crippen molar-refractivity contribution in [2.75, 3.05) is 47.2 Å². The molecule has 1 N–H and O–H groups in total. The Morgan fingerprint density at radius 2 is 1.79 bits per heavy atom. The first-order valence-corrected chi connectivity index (χ1v) is 11.0. The minimum atomic E-state index is -3.52. The molecule has 0 aliphatic heterocycles. The Bertz CT molecular complexity index is 767. The van der Waals surface area contributed by atoms with E-state index in [0.717, 1.165) is 16.1 Å². The molecule has 0 radical (unpaired) electrons. The van der Waals surface area contributed by atoms with Gasteiger partial charge in [-0.25, -0.2) is 8.42 Å². The second-order valence-electron chi connectivity index (χ2n) is 6.70. The number of amides is 2. The Morgan fingerprint density at radius 1 is 1.17 bits per heavy atom. The molecule has 0 spiro atoms. The first-order chi connectivity index (χ1) is 13.6. The van der Waals surface area contributed by atoms with Gasteiger partial charge >= 0.3 is 0 Å². The molecule has 0 fully saturated rings. The van der Waals surface area contributed by atoms with Crippen molar-refractivity contribution in [2.45, 2.75) is 25.9 Å². The van der Waals surface area contributed by atoms with Gasteiger partial charge in [-0.1, -0.05) is 12.1 Å². The summed E-state index contributed by atoms with van der Waals surface area (Å²) in [6.45, 7) is 2.37. The van der Waals surface area contributed by atoms with Gasteiger partial charge in [-0.3, -0.25) is 9.59 Å². The van der Waals surface area contributed by atoms with Crippen molar-refractivity contribution in [3.05, 3.63) is 29.8 Å². The summed E-state index contributed by atoms with van der Waals surface area (Å²) in [4.78, 5) is 26.7. The van der Waals surface area contributed by atoms with Gasteiger partial charge in [0.05, 0.1) is 19.9 Å². The maximum Gasteiger partial charge on any atom is 0.242 e. The molecule has 0 aliphatic rings. The van der Waals surface area contributed by atoms with Crippen LogP contribution in [-0.4, -0.2) is 82.7 Å². The van der Waals surface area contributed by atoms with E-state index >= 15 is 0 Å². The van der Waals surface area contributed by atoms with E-state index in [1.165, 1.54) is 11.9 Å². The molecule has 2 amide bonds. The number of ether oxygens (including phenoxy) is 2. The third kappa shape index (κ3) is 8.38. The fourth-order valence-corrected chi connectivity index (χ4v) is 2.83. The van der Waals surface area contributed by atoms with Crippen LogP contribution in [0.5, 0.6) is 5.75 Å². The van der Waals surface area contributed by atoms with Gasteiger partial charge in [0, 0.05) is 33.9 Å². The number of likely N-dealkylation sites (N-methyl/N-ethyl adjacent to an activating group) is 1. The smallest absolute Gasteiger partial charge is 0.242 e. The van der Waals surface area contributed by atoms with Crippen molar-refractivity contribution in [3.63, 3.8) is 0 Å². The number of nitrogens with one attached hydrogen (secondary N) is 1. The van der Waals surface area contributed by atoms with E-state index in [4.69, 9.17) is 9.47 Å². The molecular formula is C19H31N3O6S. The van der Waals surface area contributed by atoms with Gasteiger partial charge in [-0.2, -0.15) is 4.31 Å². The second kappa shape index (κ2) is 11.7. The van der Waals surface area contributed by atoms with E-state index in [0.29, 0.717) is 25.3 Å². The lowest BCUT2D eigenvalue weighted by Gasteiger charge is -2.30. The third-order valence-electron chi connectivity index (χ3n) is 4.43. The molecule has 0 bridgehead atoms. The number of nitrogens with zero attached hydrogens (tertiary/aromatic N) is 2. The van der Waals surface area contributed by atoms with E-state index in [2.05, 4.69) is 5.32 Å². The Morgan fingerprint density at radius 3 is 2.31 bits per heavy atom. The zero-order valence-corrected chi connectivity index (χ0v) is 18.5. The van der Waals surface area contributed by atoms with Crippen LogP contribution in [0.1, 0.15) is 18.9 Å². The third-order valence-corrected chi connectivity index (χ3v) is 5.69. The molecule has 29 heavy (non-hydrogen) atoms. The van der Waals surface area contributed by atoms with E-state index in [1.54, 1.807) is 45.4 Å². The lowest BCUT2D eigenvalue weighted by Crippen LogP contribution is -2.50. The predicted octanol–water partition coefficient (Wildman–Crippen LogP) is 0.456. The monoisotopic (exact) mass is 429 g/mol. The zero-order chi connectivity index (χ0) is 22.0. The zero-order valence-electron chi connectivity index (χ0n) is 17.7. The fraction of sp³-hybridized carbons (Fsp3) is 0.579.